The van der Waals surface area contributed by atoms with Gasteiger partial charge in [0.15, 0.2) is 0 Å². The zero-order valence-electron chi connectivity index (χ0n) is 8.83. The first kappa shape index (κ1) is 9.34. The van der Waals surface area contributed by atoms with E-state index in [2.05, 4.69) is 0 Å². The topological polar surface area (TPSA) is 20.2 Å². The third kappa shape index (κ3) is 1.11. The van der Waals surface area contributed by atoms with Crippen LogP contribution in [0.1, 0.15) is 30.4 Å². The van der Waals surface area contributed by atoms with E-state index < -0.39 is 5.60 Å². The summed E-state index contributed by atoms with van der Waals surface area (Å²) in [5, 5.41) is 10.5. The van der Waals surface area contributed by atoms with Gasteiger partial charge in [-0.3, -0.25) is 0 Å². The summed E-state index contributed by atoms with van der Waals surface area (Å²) in [6.45, 7) is 1.95. The maximum Gasteiger partial charge on any atom is 0.123 e. The maximum absolute atomic E-state index is 13.2. The van der Waals surface area contributed by atoms with Crippen LogP contribution in [-0.2, 0) is 5.60 Å². The second kappa shape index (κ2) is 2.82. The van der Waals surface area contributed by atoms with Crippen LogP contribution in [0.5, 0.6) is 0 Å². The molecular formula is C13H15FO. The normalized spacial score (nSPS) is 37.8. The molecule has 0 radical (unpaired) electrons. The average Bonchev–Trinajstić information content (AvgIpc) is 2.67. The molecule has 0 spiro atoms. The predicted octanol–water partition coefficient (Wildman–Crippen LogP) is 2.75. The largest absolute Gasteiger partial charge is 0.385 e. The number of rotatable bonds is 1. The van der Waals surface area contributed by atoms with Gasteiger partial charge in [-0.25, -0.2) is 4.39 Å². The first-order valence-corrected chi connectivity index (χ1v) is 5.63. The first-order chi connectivity index (χ1) is 7.14. The number of aliphatic hydroxyl groups is 1. The molecule has 80 valence electrons. The molecule has 2 aliphatic rings. The van der Waals surface area contributed by atoms with E-state index >= 15 is 0 Å². The molecule has 15 heavy (non-hydrogen) atoms. The van der Waals surface area contributed by atoms with Crippen LogP contribution >= 0.6 is 0 Å². The fourth-order valence-corrected chi connectivity index (χ4v) is 3.35. The van der Waals surface area contributed by atoms with Crippen molar-refractivity contribution < 1.29 is 9.50 Å². The van der Waals surface area contributed by atoms with Crippen molar-refractivity contribution in [2.24, 2.45) is 11.8 Å². The summed E-state index contributed by atoms with van der Waals surface area (Å²) in [7, 11) is 0. The number of hydrogen-bond donors (Lipinski definition) is 1. The standard InChI is InChI=1S/C13H15FO/c1-8-5-6-9(14)7-12(8)13(15)10-3-2-4-11(10)13/h5-7,10-11,15H,2-4H2,1H3. The van der Waals surface area contributed by atoms with Crippen molar-refractivity contribution in [1.29, 1.82) is 0 Å². The molecule has 1 aromatic carbocycles. The molecule has 3 rings (SSSR count). The fourth-order valence-electron chi connectivity index (χ4n) is 3.35. The molecule has 2 saturated carbocycles. The van der Waals surface area contributed by atoms with Crippen LogP contribution in [0.25, 0.3) is 0 Å². The van der Waals surface area contributed by atoms with Gasteiger partial charge in [-0.15, -0.1) is 0 Å². The Kier molecular flexibility index (Phi) is 1.76. The Bertz CT molecular complexity index is 403. The monoisotopic (exact) mass is 206 g/mol. The van der Waals surface area contributed by atoms with E-state index in [0.717, 1.165) is 24.0 Å². The van der Waals surface area contributed by atoms with Crippen LogP contribution in [0, 0.1) is 24.6 Å². The highest BCUT2D eigenvalue weighted by Gasteiger charge is 2.66. The van der Waals surface area contributed by atoms with Crippen LogP contribution in [0.4, 0.5) is 4.39 Å². The quantitative estimate of drug-likeness (QED) is 0.749. The molecule has 0 aliphatic heterocycles. The molecule has 1 nitrogen and oxygen atoms in total. The van der Waals surface area contributed by atoms with E-state index in [9.17, 15) is 9.50 Å². The zero-order chi connectivity index (χ0) is 10.6. The van der Waals surface area contributed by atoms with E-state index in [1.54, 1.807) is 6.07 Å². The van der Waals surface area contributed by atoms with Crippen molar-refractivity contribution in [1.82, 2.24) is 0 Å². The molecule has 0 heterocycles. The van der Waals surface area contributed by atoms with Gasteiger partial charge in [-0.05, 0) is 54.9 Å². The molecule has 2 heteroatoms. The highest BCUT2D eigenvalue weighted by Crippen LogP contribution is 2.66. The summed E-state index contributed by atoms with van der Waals surface area (Å²) in [6, 6.07) is 4.73. The minimum atomic E-state index is -0.704. The maximum atomic E-state index is 13.2. The summed E-state index contributed by atoms with van der Waals surface area (Å²) >= 11 is 0. The van der Waals surface area contributed by atoms with Gasteiger partial charge in [0, 0.05) is 0 Å². The Hall–Kier alpha value is -0.890. The lowest BCUT2D eigenvalue weighted by Gasteiger charge is -2.17. The minimum Gasteiger partial charge on any atom is -0.385 e. The van der Waals surface area contributed by atoms with Crippen molar-refractivity contribution in [3.8, 4) is 0 Å². The Morgan fingerprint density at radius 2 is 2.00 bits per heavy atom. The van der Waals surface area contributed by atoms with Crippen LogP contribution < -0.4 is 0 Å². The van der Waals surface area contributed by atoms with Crippen LogP contribution in [-0.4, -0.2) is 5.11 Å². The second-order valence-electron chi connectivity index (χ2n) is 4.93. The lowest BCUT2D eigenvalue weighted by molar-refractivity contribution is 0.104. The van der Waals surface area contributed by atoms with Crippen LogP contribution in [0.15, 0.2) is 18.2 Å². The van der Waals surface area contributed by atoms with Crippen molar-refractivity contribution in [3.63, 3.8) is 0 Å². The van der Waals surface area contributed by atoms with Gasteiger partial charge >= 0.3 is 0 Å². The molecule has 2 aliphatic carbocycles. The van der Waals surface area contributed by atoms with Crippen LogP contribution in [0.3, 0.4) is 0 Å². The Labute approximate surface area is 88.9 Å². The summed E-state index contributed by atoms with van der Waals surface area (Å²) in [4.78, 5) is 0. The predicted molar refractivity (Wildman–Crippen MR) is 55.9 cm³/mol. The summed E-state index contributed by atoms with van der Waals surface area (Å²) in [5.74, 6) is 0.532. The van der Waals surface area contributed by atoms with Gasteiger partial charge < -0.3 is 5.11 Å². The average molecular weight is 206 g/mol. The van der Waals surface area contributed by atoms with Gasteiger partial charge in [0.2, 0.25) is 0 Å². The van der Waals surface area contributed by atoms with Gasteiger partial charge in [-0.2, -0.15) is 0 Å². The Morgan fingerprint density at radius 3 is 2.67 bits per heavy atom. The molecule has 0 amide bonds. The molecule has 2 unspecified atom stereocenters. The van der Waals surface area contributed by atoms with Gasteiger partial charge in [0.25, 0.3) is 0 Å². The molecule has 2 fully saturated rings. The van der Waals surface area contributed by atoms with E-state index in [0.29, 0.717) is 11.8 Å². The number of halogens is 1. The number of aryl methyl sites for hydroxylation is 1. The summed E-state index contributed by atoms with van der Waals surface area (Å²) in [5.41, 5.74) is 1.12. The number of benzene rings is 1. The number of hydrogen-bond acceptors (Lipinski definition) is 1. The van der Waals surface area contributed by atoms with E-state index in [-0.39, 0.29) is 5.82 Å². The fraction of sp³-hybridized carbons (Fsp3) is 0.538. The summed E-state index contributed by atoms with van der Waals surface area (Å²) in [6.07, 6.45) is 3.40. The molecule has 0 bridgehead atoms. The highest BCUT2D eigenvalue weighted by molar-refractivity contribution is 5.39. The summed E-state index contributed by atoms with van der Waals surface area (Å²) < 4.78 is 13.2. The van der Waals surface area contributed by atoms with Gasteiger partial charge in [0.05, 0.1) is 5.60 Å². The smallest absolute Gasteiger partial charge is 0.123 e. The molecule has 0 aromatic heterocycles. The van der Waals surface area contributed by atoms with Crippen molar-refractivity contribution in [3.05, 3.63) is 35.1 Å². The van der Waals surface area contributed by atoms with Crippen molar-refractivity contribution in [2.45, 2.75) is 31.8 Å². The molecule has 2 atom stereocenters. The lowest BCUT2D eigenvalue weighted by atomic mass is 9.95. The van der Waals surface area contributed by atoms with Gasteiger partial charge in [0.1, 0.15) is 5.82 Å². The Morgan fingerprint density at radius 1 is 1.33 bits per heavy atom. The third-order valence-electron chi connectivity index (χ3n) is 4.17. The molecule has 1 aromatic rings. The lowest BCUT2D eigenvalue weighted by Crippen LogP contribution is -2.15. The van der Waals surface area contributed by atoms with E-state index in [1.807, 2.05) is 6.92 Å². The second-order valence-corrected chi connectivity index (χ2v) is 4.93. The highest BCUT2D eigenvalue weighted by atomic mass is 19.1. The molecule has 1 N–H and O–H groups in total. The number of fused-ring (bicyclic) bond motifs is 1. The van der Waals surface area contributed by atoms with Crippen LogP contribution in [0.2, 0.25) is 0 Å². The van der Waals surface area contributed by atoms with Crippen molar-refractivity contribution >= 4 is 0 Å². The van der Waals surface area contributed by atoms with Gasteiger partial charge in [-0.1, -0.05) is 12.5 Å². The minimum absolute atomic E-state index is 0.242. The SMILES string of the molecule is Cc1ccc(F)cc1C1(O)C2CCCC21. The molecule has 0 saturated heterocycles. The first-order valence-electron chi connectivity index (χ1n) is 5.63. The third-order valence-corrected chi connectivity index (χ3v) is 4.17. The molecular weight excluding hydrogens is 191 g/mol. The van der Waals surface area contributed by atoms with E-state index in [4.69, 9.17) is 0 Å². The zero-order valence-corrected chi connectivity index (χ0v) is 8.83. The van der Waals surface area contributed by atoms with E-state index in [1.165, 1.54) is 18.6 Å². The Balaban J connectivity index is 2.03. The van der Waals surface area contributed by atoms with Crippen molar-refractivity contribution in [2.75, 3.05) is 0 Å².